The quantitative estimate of drug-likeness (QED) is 0.341. The molecule has 118 valence electrons. The number of rotatable bonds is 3. The standard InChI is InChI=1S/C11H17N3O7/c1-12-9-4(16)2-13-11(20)14(9)10-8(19)7(18)6(17)5(3-15)21-10/h2,5-8,10,12,15-19H,3H2,1H3/t5-,6-,7+,8-,10?/m1/s1. The van der Waals surface area contributed by atoms with Crippen molar-refractivity contribution in [3.63, 3.8) is 0 Å². The maximum absolute atomic E-state index is 11.9. The van der Waals surface area contributed by atoms with Crippen LogP contribution < -0.4 is 11.0 Å². The van der Waals surface area contributed by atoms with Crippen LogP contribution in [-0.2, 0) is 4.74 Å². The van der Waals surface area contributed by atoms with E-state index < -0.39 is 42.9 Å². The van der Waals surface area contributed by atoms with Crippen LogP contribution in [0.25, 0.3) is 0 Å². The molecule has 2 rings (SSSR count). The highest BCUT2D eigenvalue weighted by molar-refractivity contribution is 5.47. The second-order valence-corrected chi connectivity index (χ2v) is 4.61. The summed E-state index contributed by atoms with van der Waals surface area (Å²) in [6.07, 6.45) is -6.52. The van der Waals surface area contributed by atoms with Crippen molar-refractivity contribution in [2.45, 2.75) is 30.6 Å². The van der Waals surface area contributed by atoms with Gasteiger partial charge in [-0.05, 0) is 0 Å². The average Bonchev–Trinajstić information content (AvgIpc) is 2.48. The fourth-order valence-corrected chi connectivity index (χ4v) is 2.24. The molecular weight excluding hydrogens is 286 g/mol. The molecule has 2 heterocycles. The topological polar surface area (TPSA) is 157 Å². The Kier molecular flexibility index (Phi) is 4.44. The van der Waals surface area contributed by atoms with Crippen LogP contribution in [0.15, 0.2) is 11.0 Å². The number of anilines is 1. The Hall–Kier alpha value is -1.72. The molecular formula is C11H17N3O7. The molecule has 1 aliphatic heterocycles. The van der Waals surface area contributed by atoms with Crippen molar-refractivity contribution in [3.05, 3.63) is 16.7 Å². The zero-order valence-corrected chi connectivity index (χ0v) is 11.1. The van der Waals surface area contributed by atoms with E-state index in [1.54, 1.807) is 0 Å². The number of aromatic hydroxyl groups is 1. The summed E-state index contributed by atoms with van der Waals surface area (Å²) in [4.78, 5) is 15.3. The molecule has 0 aromatic carbocycles. The molecule has 21 heavy (non-hydrogen) atoms. The Labute approximate surface area is 118 Å². The second kappa shape index (κ2) is 5.95. The van der Waals surface area contributed by atoms with Gasteiger partial charge in [0, 0.05) is 7.05 Å². The third-order valence-electron chi connectivity index (χ3n) is 3.35. The third kappa shape index (κ3) is 2.59. The average molecular weight is 303 g/mol. The van der Waals surface area contributed by atoms with Gasteiger partial charge in [-0.2, -0.15) is 4.98 Å². The van der Waals surface area contributed by atoms with Gasteiger partial charge in [0.1, 0.15) is 24.4 Å². The van der Waals surface area contributed by atoms with Gasteiger partial charge in [-0.15, -0.1) is 0 Å². The molecule has 1 aromatic heterocycles. The van der Waals surface area contributed by atoms with Crippen molar-refractivity contribution >= 4 is 5.82 Å². The van der Waals surface area contributed by atoms with Crippen LogP contribution >= 0.6 is 0 Å². The number of ether oxygens (including phenoxy) is 1. The summed E-state index contributed by atoms with van der Waals surface area (Å²) in [7, 11) is 1.43. The van der Waals surface area contributed by atoms with E-state index in [0.29, 0.717) is 0 Å². The lowest BCUT2D eigenvalue weighted by Crippen LogP contribution is -2.57. The molecule has 0 saturated carbocycles. The number of nitrogens with one attached hydrogen (secondary N) is 1. The van der Waals surface area contributed by atoms with E-state index in [1.807, 2.05) is 0 Å². The molecule has 0 radical (unpaired) electrons. The van der Waals surface area contributed by atoms with Gasteiger partial charge in [-0.1, -0.05) is 0 Å². The number of hydrogen-bond donors (Lipinski definition) is 6. The maximum atomic E-state index is 11.9. The number of aliphatic hydroxyl groups is 4. The van der Waals surface area contributed by atoms with Gasteiger partial charge in [0.2, 0.25) is 0 Å². The minimum absolute atomic E-state index is 0.0840. The van der Waals surface area contributed by atoms with E-state index >= 15 is 0 Å². The first kappa shape index (κ1) is 15.7. The molecule has 10 nitrogen and oxygen atoms in total. The normalized spacial score (nSPS) is 32.9. The zero-order chi connectivity index (χ0) is 15.7. The summed E-state index contributed by atoms with van der Waals surface area (Å²) < 4.78 is 6.06. The molecule has 1 fully saturated rings. The van der Waals surface area contributed by atoms with Gasteiger partial charge in [-0.3, -0.25) is 0 Å². The maximum Gasteiger partial charge on any atom is 0.351 e. The minimum atomic E-state index is -1.66. The van der Waals surface area contributed by atoms with Gasteiger partial charge in [-0.25, -0.2) is 9.36 Å². The van der Waals surface area contributed by atoms with Crippen LogP contribution in [0, 0.1) is 0 Å². The van der Waals surface area contributed by atoms with Gasteiger partial charge >= 0.3 is 5.69 Å². The lowest BCUT2D eigenvalue weighted by atomic mass is 9.98. The highest BCUT2D eigenvalue weighted by Crippen LogP contribution is 2.31. The summed E-state index contributed by atoms with van der Waals surface area (Å²) in [5, 5.41) is 50.8. The first-order valence-electron chi connectivity index (χ1n) is 6.21. The molecule has 1 saturated heterocycles. The zero-order valence-electron chi connectivity index (χ0n) is 11.1. The summed E-state index contributed by atoms with van der Waals surface area (Å²) >= 11 is 0. The highest BCUT2D eigenvalue weighted by atomic mass is 16.6. The number of hydrogen-bond acceptors (Lipinski definition) is 9. The summed E-state index contributed by atoms with van der Waals surface area (Å²) in [6.45, 7) is -0.628. The minimum Gasteiger partial charge on any atom is -0.503 e. The molecule has 0 aliphatic carbocycles. The van der Waals surface area contributed by atoms with E-state index in [9.17, 15) is 25.2 Å². The number of nitrogens with zero attached hydrogens (tertiary/aromatic N) is 2. The molecule has 0 spiro atoms. The first-order valence-corrected chi connectivity index (χ1v) is 6.21. The molecule has 10 heteroatoms. The van der Waals surface area contributed by atoms with Crippen LogP contribution in [0.2, 0.25) is 0 Å². The van der Waals surface area contributed by atoms with Gasteiger partial charge in [0.05, 0.1) is 12.8 Å². The van der Waals surface area contributed by atoms with Gasteiger partial charge in [0.25, 0.3) is 0 Å². The molecule has 1 aromatic rings. The Bertz CT molecular complexity index is 561. The largest absolute Gasteiger partial charge is 0.503 e. The van der Waals surface area contributed by atoms with Gasteiger partial charge in [0.15, 0.2) is 17.8 Å². The predicted molar refractivity (Wildman–Crippen MR) is 68.7 cm³/mol. The van der Waals surface area contributed by atoms with Crippen LogP contribution in [0.3, 0.4) is 0 Å². The summed E-state index contributed by atoms with van der Waals surface area (Å²) in [6, 6.07) is 0. The lowest BCUT2D eigenvalue weighted by Gasteiger charge is -2.40. The fourth-order valence-electron chi connectivity index (χ4n) is 2.24. The van der Waals surface area contributed by atoms with Crippen molar-refractivity contribution in [3.8, 4) is 5.75 Å². The van der Waals surface area contributed by atoms with Gasteiger partial charge < -0.3 is 35.6 Å². The van der Waals surface area contributed by atoms with Crippen LogP contribution in [0.5, 0.6) is 5.75 Å². The predicted octanol–water partition coefficient (Wildman–Crippen LogP) is -3.04. The SMILES string of the molecule is CNc1c(O)cnc(=O)n1C1O[C@H](CO)[C@@H](O)[C@H](O)[C@H]1O. The van der Waals surface area contributed by atoms with Crippen molar-refractivity contribution in [2.24, 2.45) is 0 Å². The Morgan fingerprint density at radius 2 is 2.00 bits per heavy atom. The van der Waals surface area contributed by atoms with Crippen molar-refractivity contribution in [1.29, 1.82) is 0 Å². The monoisotopic (exact) mass is 303 g/mol. The van der Waals surface area contributed by atoms with E-state index in [0.717, 1.165) is 10.8 Å². The molecule has 6 N–H and O–H groups in total. The van der Waals surface area contributed by atoms with E-state index in [-0.39, 0.29) is 11.6 Å². The summed E-state index contributed by atoms with van der Waals surface area (Å²) in [5.41, 5.74) is -0.846. The number of aliphatic hydroxyl groups excluding tert-OH is 4. The number of aromatic nitrogens is 2. The van der Waals surface area contributed by atoms with Crippen LogP contribution in [-0.4, -0.2) is 73.2 Å². The molecule has 1 unspecified atom stereocenters. The highest BCUT2D eigenvalue weighted by Gasteiger charge is 2.45. The van der Waals surface area contributed by atoms with E-state index in [2.05, 4.69) is 10.3 Å². The Morgan fingerprint density at radius 1 is 1.33 bits per heavy atom. The Morgan fingerprint density at radius 3 is 2.57 bits per heavy atom. The lowest BCUT2D eigenvalue weighted by molar-refractivity contribution is -0.251. The first-order chi connectivity index (χ1) is 9.92. The third-order valence-corrected chi connectivity index (χ3v) is 3.35. The van der Waals surface area contributed by atoms with Crippen molar-refractivity contribution in [1.82, 2.24) is 9.55 Å². The van der Waals surface area contributed by atoms with E-state index in [1.165, 1.54) is 7.05 Å². The molecule has 0 bridgehead atoms. The van der Waals surface area contributed by atoms with Crippen molar-refractivity contribution < 1.29 is 30.3 Å². The smallest absolute Gasteiger partial charge is 0.351 e. The molecule has 0 amide bonds. The molecule has 5 atom stereocenters. The second-order valence-electron chi connectivity index (χ2n) is 4.61. The Balaban J connectivity index is 2.50. The summed E-state index contributed by atoms with van der Waals surface area (Å²) in [5.74, 6) is -0.451. The molecule has 1 aliphatic rings. The fraction of sp³-hybridized carbons (Fsp3) is 0.636. The van der Waals surface area contributed by atoms with Crippen LogP contribution in [0.4, 0.5) is 5.82 Å². The van der Waals surface area contributed by atoms with Crippen LogP contribution in [0.1, 0.15) is 6.23 Å². The van der Waals surface area contributed by atoms with Crippen molar-refractivity contribution in [2.75, 3.05) is 19.0 Å². The van der Waals surface area contributed by atoms with E-state index in [4.69, 9.17) is 9.84 Å².